The van der Waals surface area contributed by atoms with Gasteiger partial charge in [-0.25, -0.2) is 0 Å². The molecule has 0 radical (unpaired) electrons. The minimum Gasteiger partial charge on any atom is -0.316 e. The first-order chi connectivity index (χ1) is 4.70. The van der Waals surface area contributed by atoms with Crippen LogP contribution >= 0.6 is 0 Å². The van der Waals surface area contributed by atoms with Crippen molar-refractivity contribution in [1.29, 1.82) is 0 Å². The van der Waals surface area contributed by atoms with Crippen LogP contribution in [0.4, 0.5) is 0 Å². The fourth-order valence-corrected chi connectivity index (χ4v) is 2.69. The average Bonchev–Trinajstić information content (AvgIpc) is 2.36. The standard InChI is InChI=1S/C9H17N/c1-9(2)4-3-7-5-10-6-8(7)9/h7-8,10H,3-6H2,1-2H3. The third-order valence-electron chi connectivity index (χ3n) is 3.50. The Morgan fingerprint density at radius 2 is 2.10 bits per heavy atom. The summed E-state index contributed by atoms with van der Waals surface area (Å²) in [5, 5.41) is 3.48. The summed E-state index contributed by atoms with van der Waals surface area (Å²) in [5.41, 5.74) is 0.633. The van der Waals surface area contributed by atoms with E-state index in [9.17, 15) is 0 Å². The lowest BCUT2D eigenvalue weighted by atomic mass is 9.80. The summed E-state index contributed by atoms with van der Waals surface area (Å²) < 4.78 is 0. The highest BCUT2D eigenvalue weighted by Gasteiger charge is 2.43. The van der Waals surface area contributed by atoms with Gasteiger partial charge >= 0.3 is 0 Å². The molecule has 0 bridgehead atoms. The minimum atomic E-state index is 0.633. The summed E-state index contributed by atoms with van der Waals surface area (Å²) in [6.07, 6.45) is 2.91. The maximum absolute atomic E-state index is 3.48. The quantitative estimate of drug-likeness (QED) is 0.538. The fraction of sp³-hybridized carbons (Fsp3) is 1.00. The van der Waals surface area contributed by atoms with Crippen LogP contribution in [0, 0.1) is 17.3 Å². The Balaban J connectivity index is 2.16. The molecule has 1 saturated carbocycles. The summed E-state index contributed by atoms with van der Waals surface area (Å²) >= 11 is 0. The predicted octanol–water partition coefficient (Wildman–Crippen LogP) is 1.64. The highest BCUT2D eigenvalue weighted by Crippen LogP contribution is 2.47. The molecule has 2 aliphatic rings. The van der Waals surface area contributed by atoms with E-state index in [-0.39, 0.29) is 0 Å². The molecule has 58 valence electrons. The third-order valence-corrected chi connectivity index (χ3v) is 3.50. The lowest BCUT2D eigenvalue weighted by Crippen LogP contribution is -2.22. The zero-order valence-corrected chi connectivity index (χ0v) is 6.98. The van der Waals surface area contributed by atoms with Crippen LogP contribution in [0.1, 0.15) is 26.7 Å². The van der Waals surface area contributed by atoms with Crippen molar-refractivity contribution in [3.63, 3.8) is 0 Å². The Kier molecular flexibility index (Phi) is 1.31. The number of hydrogen-bond acceptors (Lipinski definition) is 1. The van der Waals surface area contributed by atoms with Crippen molar-refractivity contribution < 1.29 is 0 Å². The molecule has 2 atom stereocenters. The Morgan fingerprint density at radius 3 is 2.80 bits per heavy atom. The maximum Gasteiger partial charge on any atom is -0.00122 e. The molecule has 2 unspecified atom stereocenters. The molecule has 10 heavy (non-hydrogen) atoms. The van der Waals surface area contributed by atoms with Crippen molar-refractivity contribution in [3.8, 4) is 0 Å². The van der Waals surface area contributed by atoms with Crippen LogP contribution in [0.15, 0.2) is 0 Å². The molecule has 0 amide bonds. The lowest BCUT2D eigenvalue weighted by molar-refractivity contribution is 0.256. The molecule has 1 aliphatic carbocycles. The van der Waals surface area contributed by atoms with Gasteiger partial charge in [-0.2, -0.15) is 0 Å². The van der Waals surface area contributed by atoms with Gasteiger partial charge in [0.2, 0.25) is 0 Å². The van der Waals surface area contributed by atoms with Crippen molar-refractivity contribution in [3.05, 3.63) is 0 Å². The predicted molar refractivity (Wildman–Crippen MR) is 42.9 cm³/mol. The normalized spacial score (nSPS) is 43.8. The molecule has 0 spiro atoms. The molecule has 1 saturated heterocycles. The molecule has 0 aromatic carbocycles. The molecule has 1 heteroatoms. The van der Waals surface area contributed by atoms with Gasteiger partial charge in [-0.05, 0) is 43.2 Å². The average molecular weight is 139 g/mol. The summed E-state index contributed by atoms with van der Waals surface area (Å²) in [6, 6.07) is 0. The van der Waals surface area contributed by atoms with E-state index in [2.05, 4.69) is 19.2 Å². The molecule has 2 rings (SSSR count). The summed E-state index contributed by atoms with van der Waals surface area (Å²) in [7, 11) is 0. The van der Waals surface area contributed by atoms with Crippen molar-refractivity contribution in [2.24, 2.45) is 17.3 Å². The zero-order chi connectivity index (χ0) is 7.19. The van der Waals surface area contributed by atoms with Gasteiger partial charge in [-0.3, -0.25) is 0 Å². The number of rotatable bonds is 0. The SMILES string of the molecule is CC1(C)CCC2CNCC21. The Hall–Kier alpha value is -0.0400. The van der Waals surface area contributed by atoms with E-state index in [1.807, 2.05) is 0 Å². The first-order valence-corrected chi connectivity index (χ1v) is 4.41. The van der Waals surface area contributed by atoms with Crippen molar-refractivity contribution in [2.45, 2.75) is 26.7 Å². The van der Waals surface area contributed by atoms with Crippen LogP contribution in [-0.4, -0.2) is 13.1 Å². The third kappa shape index (κ3) is 0.800. The van der Waals surface area contributed by atoms with E-state index in [1.54, 1.807) is 0 Å². The lowest BCUT2D eigenvalue weighted by Gasteiger charge is -2.25. The largest absolute Gasteiger partial charge is 0.316 e. The molecular weight excluding hydrogens is 122 g/mol. The van der Waals surface area contributed by atoms with E-state index < -0.39 is 0 Å². The van der Waals surface area contributed by atoms with Crippen molar-refractivity contribution in [1.82, 2.24) is 5.32 Å². The maximum atomic E-state index is 3.48. The molecular formula is C9H17N. The van der Waals surface area contributed by atoms with Crippen LogP contribution < -0.4 is 5.32 Å². The highest BCUT2D eigenvalue weighted by molar-refractivity contribution is 4.96. The molecule has 0 aromatic heterocycles. The summed E-state index contributed by atoms with van der Waals surface area (Å²) in [4.78, 5) is 0. The van der Waals surface area contributed by atoms with Gasteiger partial charge in [0.25, 0.3) is 0 Å². The van der Waals surface area contributed by atoms with Gasteiger partial charge in [0.15, 0.2) is 0 Å². The minimum absolute atomic E-state index is 0.633. The first kappa shape index (κ1) is 6.66. The van der Waals surface area contributed by atoms with E-state index in [0.717, 1.165) is 11.8 Å². The van der Waals surface area contributed by atoms with E-state index in [0.29, 0.717) is 5.41 Å². The molecule has 1 heterocycles. The van der Waals surface area contributed by atoms with E-state index in [4.69, 9.17) is 0 Å². The van der Waals surface area contributed by atoms with Gasteiger partial charge < -0.3 is 5.32 Å². The topological polar surface area (TPSA) is 12.0 Å². The monoisotopic (exact) mass is 139 g/mol. The molecule has 1 aliphatic heterocycles. The molecule has 0 aromatic rings. The van der Waals surface area contributed by atoms with E-state index in [1.165, 1.54) is 25.9 Å². The van der Waals surface area contributed by atoms with E-state index >= 15 is 0 Å². The molecule has 2 fully saturated rings. The van der Waals surface area contributed by atoms with Crippen LogP contribution in [-0.2, 0) is 0 Å². The molecule has 1 nitrogen and oxygen atoms in total. The fourth-order valence-electron chi connectivity index (χ4n) is 2.69. The number of fused-ring (bicyclic) bond motifs is 1. The smallest absolute Gasteiger partial charge is 0.00122 e. The second-order valence-corrected chi connectivity index (χ2v) is 4.55. The van der Waals surface area contributed by atoms with Crippen LogP contribution in [0.5, 0.6) is 0 Å². The van der Waals surface area contributed by atoms with Gasteiger partial charge in [0.05, 0.1) is 0 Å². The van der Waals surface area contributed by atoms with Gasteiger partial charge in [0, 0.05) is 0 Å². The van der Waals surface area contributed by atoms with Crippen LogP contribution in [0.2, 0.25) is 0 Å². The number of nitrogens with one attached hydrogen (secondary N) is 1. The second-order valence-electron chi connectivity index (χ2n) is 4.55. The molecule has 1 N–H and O–H groups in total. The highest BCUT2D eigenvalue weighted by atomic mass is 14.9. The van der Waals surface area contributed by atoms with Crippen LogP contribution in [0.25, 0.3) is 0 Å². The second kappa shape index (κ2) is 1.97. The van der Waals surface area contributed by atoms with Gasteiger partial charge in [-0.15, -0.1) is 0 Å². The first-order valence-electron chi connectivity index (χ1n) is 4.41. The summed E-state index contributed by atoms with van der Waals surface area (Å²) in [5.74, 6) is 1.99. The van der Waals surface area contributed by atoms with Gasteiger partial charge in [0.1, 0.15) is 0 Å². The summed E-state index contributed by atoms with van der Waals surface area (Å²) in [6.45, 7) is 7.40. The van der Waals surface area contributed by atoms with Crippen LogP contribution in [0.3, 0.4) is 0 Å². The number of hydrogen-bond donors (Lipinski definition) is 1. The van der Waals surface area contributed by atoms with Crippen molar-refractivity contribution >= 4 is 0 Å². The zero-order valence-electron chi connectivity index (χ0n) is 6.98. The Morgan fingerprint density at radius 1 is 1.30 bits per heavy atom. The Labute approximate surface area is 63.2 Å². The van der Waals surface area contributed by atoms with Crippen molar-refractivity contribution in [2.75, 3.05) is 13.1 Å². The Bertz CT molecular complexity index is 140. The van der Waals surface area contributed by atoms with Gasteiger partial charge in [-0.1, -0.05) is 13.8 Å².